The van der Waals surface area contributed by atoms with Gasteiger partial charge in [0, 0.05) is 31.7 Å². The van der Waals surface area contributed by atoms with Gasteiger partial charge in [0.05, 0.1) is 22.1 Å². The van der Waals surface area contributed by atoms with Crippen molar-refractivity contribution in [2.24, 2.45) is 0 Å². The summed E-state index contributed by atoms with van der Waals surface area (Å²) in [4.78, 5) is 45.7. The Morgan fingerprint density at radius 2 is 1.94 bits per heavy atom. The number of esters is 1. The molecule has 1 aromatic carbocycles. The van der Waals surface area contributed by atoms with E-state index in [0.29, 0.717) is 11.5 Å². The van der Waals surface area contributed by atoms with Gasteiger partial charge in [-0.3, -0.25) is 14.9 Å². The van der Waals surface area contributed by atoms with E-state index in [9.17, 15) is 28.1 Å². The van der Waals surface area contributed by atoms with E-state index >= 15 is 0 Å². The van der Waals surface area contributed by atoms with Crippen LogP contribution < -0.4 is 0 Å². The molecule has 0 radical (unpaired) electrons. The minimum absolute atomic E-state index is 0.0120. The van der Waals surface area contributed by atoms with Gasteiger partial charge in [-0.2, -0.15) is 4.31 Å². The Labute approximate surface area is 207 Å². The first kappa shape index (κ1) is 26.4. The number of aromatic nitrogens is 2. The Morgan fingerprint density at radius 3 is 2.54 bits per heavy atom. The number of benzene rings is 1. The quantitative estimate of drug-likeness (QED) is 0.314. The van der Waals surface area contributed by atoms with Crippen LogP contribution in [0, 0.1) is 24.0 Å². The molecule has 1 fully saturated rings. The zero-order chi connectivity index (χ0) is 26.1. The van der Waals surface area contributed by atoms with Gasteiger partial charge >= 0.3 is 5.97 Å². The number of rotatable bonds is 6. The maximum Gasteiger partial charge on any atom is 0.342 e. The number of hydrogen-bond acceptors (Lipinski definition) is 9. The van der Waals surface area contributed by atoms with Crippen molar-refractivity contribution in [3.8, 4) is 0 Å². The van der Waals surface area contributed by atoms with Crippen molar-refractivity contribution in [3.63, 3.8) is 0 Å². The fraction of sp³-hybridized carbons (Fsp3) is 0.429. The van der Waals surface area contributed by atoms with Crippen LogP contribution in [0.15, 0.2) is 23.1 Å². The SMILES string of the molecule is CCOC(=O)c1c(C)nc(C)nc1C(=O)N1CCN(S(=O)(=O)c2ccc(Cl)c([N+](=O)[O-])c2)C(C)C1. The molecule has 1 atom stereocenters. The van der Waals surface area contributed by atoms with E-state index < -0.39 is 38.6 Å². The number of halogens is 1. The number of amides is 1. The number of nitro benzene ring substituents is 1. The van der Waals surface area contributed by atoms with E-state index in [4.69, 9.17) is 16.3 Å². The third-order valence-corrected chi connectivity index (χ3v) is 7.79. The number of sulfonamides is 1. The highest BCUT2D eigenvalue weighted by Gasteiger charge is 2.37. The second-order valence-corrected chi connectivity index (χ2v) is 10.2. The number of aryl methyl sites for hydroxylation is 2. The second kappa shape index (κ2) is 10.2. The number of nitro groups is 1. The Bertz CT molecular complexity index is 1300. The number of nitrogens with zero attached hydrogens (tertiary/aromatic N) is 5. The van der Waals surface area contributed by atoms with Crippen LogP contribution in [0.1, 0.15) is 46.2 Å². The van der Waals surface area contributed by atoms with Crippen molar-refractivity contribution in [1.82, 2.24) is 19.2 Å². The lowest BCUT2D eigenvalue weighted by atomic mass is 10.1. The molecular weight excluding hydrogens is 502 g/mol. The third-order valence-electron chi connectivity index (χ3n) is 5.46. The normalized spacial score (nSPS) is 16.7. The van der Waals surface area contributed by atoms with E-state index in [1.165, 1.54) is 15.3 Å². The van der Waals surface area contributed by atoms with Crippen molar-refractivity contribution in [1.29, 1.82) is 0 Å². The van der Waals surface area contributed by atoms with Gasteiger partial charge in [-0.1, -0.05) is 11.6 Å². The summed E-state index contributed by atoms with van der Waals surface area (Å²) in [6, 6.07) is 2.61. The predicted molar refractivity (Wildman–Crippen MR) is 125 cm³/mol. The van der Waals surface area contributed by atoms with Crippen LogP contribution in [0.5, 0.6) is 0 Å². The van der Waals surface area contributed by atoms with Gasteiger partial charge in [0.1, 0.15) is 22.1 Å². The average molecular weight is 526 g/mol. The summed E-state index contributed by atoms with van der Waals surface area (Å²) in [6.07, 6.45) is 0. The van der Waals surface area contributed by atoms with Crippen LogP contribution in [0.4, 0.5) is 5.69 Å². The Morgan fingerprint density at radius 1 is 1.26 bits per heavy atom. The molecule has 1 saturated heterocycles. The fourth-order valence-corrected chi connectivity index (χ4v) is 5.70. The van der Waals surface area contributed by atoms with Gasteiger partial charge in [-0.25, -0.2) is 23.2 Å². The topological polar surface area (TPSA) is 153 Å². The number of ether oxygens (including phenoxy) is 1. The van der Waals surface area contributed by atoms with Crippen LogP contribution in [-0.2, 0) is 14.8 Å². The predicted octanol–water partition coefficient (Wildman–Crippen LogP) is 2.37. The largest absolute Gasteiger partial charge is 0.462 e. The molecule has 2 heterocycles. The molecule has 14 heteroatoms. The van der Waals surface area contributed by atoms with Crippen molar-refractivity contribution in [2.75, 3.05) is 26.2 Å². The van der Waals surface area contributed by atoms with Gasteiger partial charge < -0.3 is 9.64 Å². The summed E-state index contributed by atoms with van der Waals surface area (Å²) >= 11 is 5.81. The van der Waals surface area contributed by atoms with Crippen LogP contribution in [0.3, 0.4) is 0 Å². The van der Waals surface area contributed by atoms with E-state index in [0.717, 1.165) is 12.1 Å². The highest BCUT2D eigenvalue weighted by atomic mass is 35.5. The minimum atomic E-state index is -4.11. The average Bonchev–Trinajstić information content (AvgIpc) is 2.77. The monoisotopic (exact) mass is 525 g/mol. The van der Waals surface area contributed by atoms with Crippen molar-refractivity contribution in [3.05, 3.63) is 56.1 Å². The molecule has 1 unspecified atom stereocenters. The first-order chi connectivity index (χ1) is 16.4. The fourth-order valence-electron chi connectivity index (χ4n) is 3.88. The van der Waals surface area contributed by atoms with E-state index in [1.54, 1.807) is 27.7 Å². The number of hydrogen-bond donors (Lipinski definition) is 0. The Hall–Kier alpha value is -3.16. The van der Waals surface area contributed by atoms with Gasteiger partial charge in [0.25, 0.3) is 11.6 Å². The Balaban J connectivity index is 1.88. The molecular formula is C21H24ClN5O7S. The standard InChI is InChI=1S/C21H24ClN5O7S/c1-5-34-21(29)18-13(3)23-14(4)24-19(18)20(28)25-8-9-26(12(2)11-25)35(32,33)15-6-7-16(22)17(10-15)27(30)31/h6-7,10,12H,5,8-9,11H2,1-4H3. The van der Waals surface area contributed by atoms with Crippen molar-refractivity contribution >= 4 is 39.2 Å². The molecule has 0 aliphatic carbocycles. The molecule has 0 spiro atoms. The highest BCUT2D eigenvalue weighted by molar-refractivity contribution is 7.89. The second-order valence-electron chi connectivity index (χ2n) is 7.89. The molecule has 3 rings (SSSR count). The van der Waals surface area contributed by atoms with Crippen LogP contribution in [0.2, 0.25) is 5.02 Å². The van der Waals surface area contributed by atoms with E-state index in [1.807, 2.05) is 0 Å². The van der Waals surface area contributed by atoms with Gasteiger partial charge in [-0.05, 0) is 39.8 Å². The van der Waals surface area contributed by atoms with E-state index in [2.05, 4.69) is 9.97 Å². The smallest absolute Gasteiger partial charge is 0.342 e. The first-order valence-corrected chi connectivity index (χ1v) is 12.5. The van der Waals surface area contributed by atoms with Gasteiger partial charge in [-0.15, -0.1) is 0 Å². The third kappa shape index (κ3) is 5.26. The lowest BCUT2D eigenvalue weighted by Gasteiger charge is -2.38. The molecule has 1 aliphatic rings. The number of carbonyl (C=O) groups excluding carboxylic acids is 2. The van der Waals surface area contributed by atoms with E-state index in [-0.39, 0.29) is 47.4 Å². The Kier molecular flexibility index (Phi) is 7.72. The van der Waals surface area contributed by atoms with Crippen LogP contribution >= 0.6 is 11.6 Å². The molecule has 35 heavy (non-hydrogen) atoms. The highest BCUT2D eigenvalue weighted by Crippen LogP contribution is 2.30. The maximum absolute atomic E-state index is 13.3. The molecule has 188 valence electrons. The van der Waals surface area contributed by atoms with Crippen LogP contribution in [-0.4, -0.2) is 76.7 Å². The lowest BCUT2D eigenvalue weighted by Crippen LogP contribution is -2.55. The maximum atomic E-state index is 13.3. The van der Waals surface area contributed by atoms with Gasteiger partial charge in [0.2, 0.25) is 10.0 Å². The number of carbonyl (C=O) groups is 2. The van der Waals surface area contributed by atoms with Crippen molar-refractivity contribution in [2.45, 2.75) is 38.6 Å². The molecule has 0 N–H and O–H groups in total. The first-order valence-electron chi connectivity index (χ1n) is 10.7. The molecule has 1 aliphatic heterocycles. The summed E-state index contributed by atoms with van der Waals surface area (Å²) < 4.78 is 32.7. The summed E-state index contributed by atoms with van der Waals surface area (Å²) in [7, 11) is -4.11. The summed E-state index contributed by atoms with van der Waals surface area (Å²) in [5.41, 5.74) is -0.350. The van der Waals surface area contributed by atoms with Crippen molar-refractivity contribution < 1.29 is 27.7 Å². The molecule has 0 bridgehead atoms. The molecule has 0 saturated carbocycles. The summed E-state index contributed by atoms with van der Waals surface area (Å²) in [6.45, 7) is 6.50. The lowest BCUT2D eigenvalue weighted by molar-refractivity contribution is -0.384. The molecule has 1 amide bonds. The molecule has 1 aromatic heterocycles. The van der Waals surface area contributed by atoms with Gasteiger partial charge in [0.15, 0.2) is 0 Å². The molecule has 2 aromatic rings. The summed E-state index contributed by atoms with van der Waals surface area (Å²) in [5.74, 6) is -0.961. The molecule has 12 nitrogen and oxygen atoms in total. The zero-order valence-corrected chi connectivity index (χ0v) is 21.1. The zero-order valence-electron chi connectivity index (χ0n) is 19.5. The minimum Gasteiger partial charge on any atom is -0.462 e. The summed E-state index contributed by atoms with van der Waals surface area (Å²) in [5, 5.41) is 11.0. The number of piperazine rings is 1. The van der Waals surface area contributed by atoms with Crippen LogP contribution in [0.25, 0.3) is 0 Å².